The molecule has 0 unspecified atom stereocenters. The predicted molar refractivity (Wildman–Crippen MR) is 45.0 cm³/mol. The van der Waals surface area contributed by atoms with Gasteiger partial charge >= 0.3 is 6.18 Å². The molecule has 0 saturated heterocycles. The Hall–Kier alpha value is -1.26. The van der Waals surface area contributed by atoms with Gasteiger partial charge in [-0.2, -0.15) is 13.2 Å². The summed E-state index contributed by atoms with van der Waals surface area (Å²) in [6, 6.07) is 3.60. The Bertz CT molecular complexity index is 298. The molecule has 0 spiro atoms. The maximum atomic E-state index is 12.2. The molecule has 1 rings (SSSR count). The van der Waals surface area contributed by atoms with Crippen molar-refractivity contribution in [1.82, 2.24) is 4.98 Å². The fourth-order valence-corrected chi connectivity index (χ4v) is 0.860. The highest BCUT2D eigenvalue weighted by atomic mass is 19.4. The van der Waals surface area contributed by atoms with Crippen molar-refractivity contribution in [3.8, 4) is 5.88 Å². The van der Waals surface area contributed by atoms with Crippen LogP contribution in [0.1, 0.15) is 19.0 Å². The number of rotatable bonds is 3. The van der Waals surface area contributed by atoms with E-state index in [-0.39, 0.29) is 5.88 Å². The monoisotopic (exact) mass is 205 g/mol. The molecule has 0 aliphatic rings. The van der Waals surface area contributed by atoms with Gasteiger partial charge in [0.05, 0.1) is 6.61 Å². The van der Waals surface area contributed by atoms with Gasteiger partial charge in [-0.25, -0.2) is 4.98 Å². The Morgan fingerprint density at radius 3 is 2.64 bits per heavy atom. The quantitative estimate of drug-likeness (QED) is 0.756. The van der Waals surface area contributed by atoms with Gasteiger partial charge in [0.1, 0.15) is 5.69 Å². The minimum Gasteiger partial charge on any atom is -0.478 e. The van der Waals surface area contributed by atoms with Gasteiger partial charge in [0.25, 0.3) is 0 Å². The fraction of sp³-hybridized carbons (Fsp3) is 0.444. The standard InChI is InChI=1S/C9H10F3NO/c1-2-6-14-8-5-3-4-7(13-8)9(10,11)12/h3-5H,2,6H2,1H3. The van der Waals surface area contributed by atoms with Crippen LogP contribution < -0.4 is 4.74 Å². The molecule has 0 aliphatic heterocycles. The van der Waals surface area contributed by atoms with E-state index >= 15 is 0 Å². The molecule has 1 aromatic heterocycles. The highest BCUT2D eigenvalue weighted by molar-refractivity contribution is 5.17. The van der Waals surface area contributed by atoms with Crippen LogP contribution in [0, 0.1) is 0 Å². The van der Waals surface area contributed by atoms with Crippen LogP contribution in [0.5, 0.6) is 5.88 Å². The molecular formula is C9H10F3NO. The lowest BCUT2D eigenvalue weighted by atomic mass is 10.3. The largest absolute Gasteiger partial charge is 0.478 e. The molecular weight excluding hydrogens is 195 g/mol. The van der Waals surface area contributed by atoms with Crippen LogP contribution in [0.4, 0.5) is 13.2 Å². The van der Waals surface area contributed by atoms with E-state index in [0.717, 1.165) is 12.5 Å². The Labute approximate surface area is 79.7 Å². The summed E-state index contributed by atoms with van der Waals surface area (Å²) < 4.78 is 41.5. The van der Waals surface area contributed by atoms with Crippen molar-refractivity contribution in [3.63, 3.8) is 0 Å². The molecule has 1 aromatic rings. The van der Waals surface area contributed by atoms with E-state index in [4.69, 9.17) is 4.74 Å². The summed E-state index contributed by atoms with van der Waals surface area (Å²) in [7, 11) is 0. The van der Waals surface area contributed by atoms with E-state index in [0.29, 0.717) is 6.61 Å². The Morgan fingerprint density at radius 1 is 1.36 bits per heavy atom. The van der Waals surface area contributed by atoms with Crippen molar-refractivity contribution >= 4 is 0 Å². The Kier molecular flexibility index (Phi) is 3.33. The van der Waals surface area contributed by atoms with E-state index in [9.17, 15) is 13.2 Å². The zero-order chi connectivity index (χ0) is 10.6. The highest BCUT2D eigenvalue weighted by Gasteiger charge is 2.32. The maximum absolute atomic E-state index is 12.2. The molecule has 0 radical (unpaired) electrons. The number of alkyl halides is 3. The Balaban J connectivity index is 2.79. The van der Waals surface area contributed by atoms with Crippen molar-refractivity contribution < 1.29 is 17.9 Å². The smallest absolute Gasteiger partial charge is 0.433 e. The van der Waals surface area contributed by atoms with Crippen molar-refractivity contribution in [1.29, 1.82) is 0 Å². The van der Waals surface area contributed by atoms with Crippen LogP contribution in [0.15, 0.2) is 18.2 Å². The lowest BCUT2D eigenvalue weighted by Gasteiger charge is -2.07. The second-order valence-electron chi connectivity index (χ2n) is 2.71. The lowest BCUT2D eigenvalue weighted by Crippen LogP contribution is -2.09. The first kappa shape index (κ1) is 10.8. The average molecular weight is 205 g/mol. The zero-order valence-electron chi connectivity index (χ0n) is 7.64. The van der Waals surface area contributed by atoms with E-state index in [1.165, 1.54) is 12.1 Å². The highest BCUT2D eigenvalue weighted by Crippen LogP contribution is 2.28. The zero-order valence-corrected chi connectivity index (χ0v) is 7.64. The van der Waals surface area contributed by atoms with Gasteiger partial charge < -0.3 is 4.74 Å². The SMILES string of the molecule is CCCOc1cccc(C(F)(F)F)n1. The van der Waals surface area contributed by atoms with Crippen molar-refractivity contribution in [2.45, 2.75) is 19.5 Å². The fourth-order valence-electron chi connectivity index (χ4n) is 0.860. The number of hydrogen-bond donors (Lipinski definition) is 0. The molecule has 0 aliphatic carbocycles. The third-order valence-electron chi connectivity index (χ3n) is 1.47. The van der Waals surface area contributed by atoms with Gasteiger partial charge in [0.15, 0.2) is 0 Å². The molecule has 0 fully saturated rings. The maximum Gasteiger partial charge on any atom is 0.433 e. The van der Waals surface area contributed by atoms with Crippen molar-refractivity contribution in [2.75, 3.05) is 6.61 Å². The molecule has 0 aromatic carbocycles. The molecule has 14 heavy (non-hydrogen) atoms. The van der Waals surface area contributed by atoms with E-state index in [1.807, 2.05) is 6.92 Å². The minimum atomic E-state index is -4.41. The van der Waals surface area contributed by atoms with Crippen molar-refractivity contribution in [2.24, 2.45) is 0 Å². The first-order valence-electron chi connectivity index (χ1n) is 4.21. The normalized spacial score (nSPS) is 11.4. The molecule has 0 N–H and O–H groups in total. The van der Waals surface area contributed by atoms with Gasteiger partial charge in [0.2, 0.25) is 5.88 Å². The molecule has 0 amide bonds. The first-order chi connectivity index (χ1) is 6.54. The van der Waals surface area contributed by atoms with Crippen LogP contribution in [0.3, 0.4) is 0 Å². The van der Waals surface area contributed by atoms with Crippen molar-refractivity contribution in [3.05, 3.63) is 23.9 Å². The summed E-state index contributed by atoms with van der Waals surface area (Å²) >= 11 is 0. The summed E-state index contributed by atoms with van der Waals surface area (Å²) in [4.78, 5) is 3.33. The third kappa shape index (κ3) is 2.90. The first-order valence-corrected chi connectivity index (χ1v) is 4.21. The molecule has 0 saturated carbocycles. The topological polar surface area (TPSA) is 22.1 Å². The van der Waals surface area contributed by atoms with Gasteiger partial charge in [0, 0.05) is 6.07 Å². The number of aromatic nitrogens is 1. The van der Waals surface area contributed by atoms with Crippen LogP contribution in [0.2, 0.25) is 0 Å². The van der Waals surface area contributed by atoms with Gasteiger partial charge in [-0.05, 0) is 12.5 Å². The van der Waals surface area contributed by atoms with E-state index in [1.54, 1.807) is 0 Å². The molecule has 78 valence electrons. The van der Waals surface area contributed by atoms with Crippen LogP contribution in [-0.2, 0) is 6.18 Å². The summed E-state index contributed by atoms with van der Waals surface area (Å²) in [5.41, 5.74) is -0.925. The summed E-state index contributed by atoms with van der Waals surface area (Å²) in [5.74, 6) is 0.0154. The number of nitrogens with zero attached hydrogens (tertiary/aromatic N) is 1. The van der Waals surface area contributed by atoms with Crippen LogP contribution in [-0.4, -0.2) is 11.6 Å². The molecule has 2 nitrogen and oxygen atoms in total. The minimum absolute atomic E-state index is 0.0154. The second-order valence-corrected chi connectivity index (χ2v) is 2.71. The average Bonchev–Trinajstić information content (AvgIpc) is 2.14. The number of hydrogen-bond acceptors (Lipinski definition) is 2. The van der Waals surface area contributed by atoms with Gasteiger partial charge in [-0.15, -0.1) is 0 Å². The molecule has 1 heterocycles. The molecule has 0 atom stereocenters. The predicted octanol–water partition coefficient (Wildman–Crippen LogP) is 2.89. The Morgan fingerprint density at radius 2 is 2.07 bits per heavy atom. The lowest BCUT2D eigenvalue weighted by molar-refractivity contribution is -0.141. The molecule has 5 heteroatoms. The van der Waals surface area contributed by atoms with E-state index < -0.39 is 11.9 Å². The number of halogens is 3. The number of ether oxygens (including phenoxy) is 1. The summed E-state index contributed by atoms with van der Waals surface area (Å²) in [6.45, 7) is 2.24. The van der Waals surface area contributed by atoms with Crippen LogP contribution in [0.25, 0.3) is 0 Å². The third-order valence-corrected chi connectivity index (χ3v) is 1.47. The van der Waals surface area contributed by atoms with Gasteiger partial charge in [-0.3, -0.25) is 0 Å². The molecule has 0 bridgehead atoms. The second kappa shape index (κ2) is 4.30. The van der Waals surface area contributed by atoms with Crippen LogP contribution >= 0.6 is 0 Å². The number of pyridine rings is 1. The van der Waals surface area contributed by atoms with Gasteiger partial charge in [-0.1, -0.05) is 13.0 Å². The van der Waals surface area contributed by atoms with E-state index in [2.05, 4.69) is 4.98 Å². The summed E-state index contributed by atoms with van der Waals surface area (Å²) in [5, 5.41) is 0. The summed E-state index contributed by atoms with van der Waals surface area (Å²) in [6.07, 6.45) is -3.68.